The number of ether oxygens (including phenoxy) is 2. The van der Waals surface area contributed by atoms with Gasteiger partial charge in [-0.25, -0.2) is 4.98 Å². The van der Waals surface area contributed by atoms with Crippen molar-refractivity contribution in [1.82, 2.24) is 4.98 Å². The Bertz CT molecular complexity index is 1110. The zero-order chi connectivity index (χ0) is 21.1. The summed E-state index contributed by atoms with van der Waals surface area (Å²) in [7, 11) is 3.14. The highest BCUT2D eigenvalue weighted by atomic mass is 16.5. The van der Waals surface area contributed by atoms with Gasteiger partial charge in [0.1, 0.15) is 23.1 Å². The summed E-state index contributed by atoms with van der Waals surface area (Å²) in [5, 5.41) is 10.9. The molecule has 0 unspecified atom stereocenters. The summed E-state index contributed by atoms with van der Waals surface area (Å²) in [6.45, 7) is 0.227. The van der Waals surface area contributed by atoms with Crippen LogP contribution in [-0.4, -0.2) is 36.6 Å². The van der Waals surface area contributed by atoms with Gasteiger partial charge in [-0.15, -0.1) is 0 Å². The standard InChI is InChI=1S/C24H22N2O4/c1-29-18-10-11-22(30-2)16(13-18)14-21(27)20-15-26(17-7-4-3-5-8-17)24-19(23(20)28)9-6-12-25-24/h3-13,28H,14-15H2,1-2H3. The Morgan fingerprint density at radius 3 is 2.60 bits per heavy atom. The van der Waals surface area contributed by atoms with E-state index in [1.54, 1.807) is 50.7 Å². The minimum absolute atomic E-state index is 0.0304. The summed E-state index contributed by atoms with van der Waals surface area (Å²) in [5.74, 6) is 1.64. The molecule has 30 heavy (non-hydrogen) atoms. The van der Waals surface area contributed by atoms with Crippen molar-refractivity contribution < 1.29 is 19.4 Å². The third kappa shape index (κ3) is 3.59. The van der Waals surface area contributed by atoms with E-state index in [9.17, 15) is 9.90 Å². The Morgan fingerprint density at radius 1 is 1.07 bits per heavy atom. The first kappa shape index (κ1) is 19.5. The molecule has 6 nitrogen and oxygen atoms in total. The van der Waals surface area contributed by atoms with Gasteiger partial charge >= 0.3 is 0 Å². The molecule has 4 rings (SSSR count). The average Bonchev–Trinajstić information content (AvgIpc) is 2.80. The number of methoxy groups -OCH3 is 2. The van der Waals surface area contributed by atoms with Crippen molar-refractivity contribution in [2.45, 2.75) is 6.42 Å². The molecule has 0 saturated heterocycles. The lowest BCUT2D eigenvalue weighted by Gasteiger charge is -2.31. The molecule has 152 valence electrons. The number of aliphatic hydroxyl groups excluding tert-OH is 1. The van der Waals surface area contributed by atoms with Gasteiger partial charge in [0, 0.05) is 23.9 Å². The highest BCUT2D eigenvalue weighted by molar-refractivity contribution is 6.06. The zero-order valence-corrected chi connectivity index (χ0v) is 16.8. The molecule has 1 N–H and O–H groups in total. The lowest BCUT2D eigenvalue weighted by atomic mass is 9.95. The Hall–Kier alpha value is -3.80. The molecule has 0 aliphatic carbocycles. The molecule has 0 radical (unpaired) electrons. The fourth-order valence-electron chi connectivity index (χ4n) is 3.61. The molecule has 1 aliphatic heterocycles. The van der Waals surface area contributed by atoms with Crippen LogP contribution in [-0.2, 0) is 11.2 Å². The number of fused-ring (bicyclic) bond motifs is 1. The number of rotatable bonds is 6. The Balaban J connectivity index is 1.73. The number of hydrogen-bond acceptors (Lipinski definition) is 6. The molecular formula is C24H22N2O4. The van der Waals surface area contributed by atoms with Crippen molar-refractivity contribution in [3.05, 3.63) is 83.6 Å². The van der Waals surface area contributed by atoms with E-state index in [0.29, 0.717) is 34.0 Å². The monoisotopic (exact) mass is 402 g/mol. The quantitative estimate of drug-likeness (QED) is 0.662. The predicted molar refractivity (Wildman–Crippen MR) is 115 cm³/mol. The van der Waals surface area contributed by atoms with Crippen LogP contribution in [0.15, 0.2) is 72.4 Å². The van der Waals surface area contributed by atoms with Gasteiger partial charge in [-0.2, -0.15) is 0 Å². The van der Waals surface area contributed by atoms with E-state index in [0.717, 1.165) is 5.69 Å². The summed E-state index contributed by atoms with van der Waals surface area (Å²) in [5.41, 5.74) is 2.47. The predicted octanol–water partition coefficient (Wildman–Crippen LogP) is 4.33. The first-order valence-corrected chi connectivity index (χ1v) is 9.56. The highest BCUT2D eigenvalue weighted by Gasteiger charge is 2.30. The summed E-state index contributed by atoms with van der Waals surface area (Å²) >= 11 is 0. The molecule has 1 aromatic heterocycles. The molecular weight excluding hydrogens is 380 g/mol. The van der Waals surface area contributed by atoms with Gasteiger partial charge in [0.25, 0.3) is 0 Å². The summed E-state index contributed by atoms with van der Waals surface area (Å²) in [6, 6.07) is 18.5. The van der Waals surface area contributed by atoms with Crippen LogP contribution < -0.4 is 14.4 Å². The number of aliphatic hydroxyl groups is 1. The van der Waals surface area contributed by atoms with Crippen LogP contribution >= 0.6 is 0 Å². The minimum Gasteiger partial charge on any atom is -0.507 e. The fourth-order valence-corrected chi connectivity index (χ4v) is 3.61. The number of para-hydroxylation sites is 1. The Kier molecular flexibility index (Phi) is 5.39. The summed E-state index contributed by atoms with van der Waals surface area (Å²) in [4.78, 5) is 19.6. The molecule has 2 aromatic carbocycles. The van der Waals surface area contributed by atoms with E-state index in [-0.39, 0.29) is 24.5 Å². The van der Waals surface area contributed by atoms with Crippen LogP contribution in [0.4, 0.5) is 11.5 Å². The molecule has 6 heteroatoms. The molecule has 0 atom stereocenters. The number of benzene rings is 2. The second-order valence-electron chi connectivity index (χ2n) is 6.90. The van der Waals surface area contributed by atoms with Gasteiger partial charge in [0.15, 0.2) is 5.78 Å². The van der Waals surface area contributed by atoms with Crippen molar-refractivity contribution >= 4 is 23.0 Å². The lowest BCUT2D eigenvalue weighted by Crippen LogP contribution is -2.30. The Morgan fingerprint density at radius 2 is 1.87 bits per heavy atom. The second-order valence-corrected chi connectivity index (χ2v) is 6.90. The van der Waals surface area contributed by atoms with Crippen molar-refractivity contribution in [3.8, 4) is 11.5 Å². The molecule has 0 bridgehead atoms. The highest BCUT2D eigenvalue weighted by Crippen LogP contribution is 2.37. The normalized spacial score (nSPS) is 13.1. The van der Waals surface area contributed by atoms with Gasteiger partial charge in [0.2, 0.25) is 0 Å². The maximum Gasteiger partial charge on any atom is 0.168 e. The number of aromatic nitrogens is 1. The fraction of sp³-hybridized carbons (Fsp3) is 0.167. The van der Waals surface area contributed by atoms with E-state index < -0.39 is 0 Å². The number of anilines is 2. The summed E-state index contributed by atoms with van der Waals surface area (Å²) < 4.78 is 10.7. The molecule has 2 heterocycles. The van der Waals surface area contributed by atoms with Gasteiger partial charge < -0.3 is 19.5 Å². The SMILES string of the molecule is COc1ccc(OC)c(CC(=O)C2=C(O)c3cccnc3N(c3ccccc3)C2)c1. The molecule has 0 spiro atoms. The number of Topliss-reactive ketones (excluding diaryl/α,β-unsaturated/α-hetero) is 1. The van der Waals surface area contributed by atoms with Crippen LogP contribution in [0.25, 0.3) is 5.76 Å². The molecule has 3 aromatic rings. The van der Waals surface area contributed by atoms with Crippen molar-refractivity contribution in [3.63, 3.8) is 0 Å². The summed E-state index contributed by atoms with van der Waals surface area (Å²) in [6.07, 6.45) is 1.76. The second kappa shape index (κ2) is 8.29. The Labute approximate surface area is 175 Å². The van der Waals surface area contributed by atoms with Crippen LogP contribution in [0, 0.1) is 0 Å². The van der Waals surface area contributed by atoms with Gasteiger partial charge in [-0.1, -0.05) is 18.2 Å². The van der Waals surface area contributed by atoms with Gasteiger partial charge in [-0.05, 0) is 42.5 Å². The maximum atomic E-state index is 13.3. The minimum atomic E-state index is -0.186. The van der Waals surface area contributed by atoms with Crippen LogP contribution in [0.2, 0.25) is 0 Å². The first-order valence-electron chi connectivity index (χ1n) is 9.56. The maximum absolute atomic E-state index is 13.3. The van der Waals surface area contributed by atoms with Crippen LogP contribution in [0.1, 0.15) is 11.1 Å². The smallest absolute Gasteiger partial charge is 0.168 e. The number of hydrogen-bond donors (Lipinski definition) is 1. The van der Waals surface area contributed by atoms with E-state index in [1.165, 1.54) is 0 Å². The van der Waals surface area contributed by atoms with Gasteiger partial charge in [0.05, 0.1) is 31.9 Å². The first-order chi connectivity index (χ1) is 14.6. The van der Waals surface area contributed by atoms with Crippen LogP contribution in [0.5, 0.6) is 11.5 Å². The van der Waals surface area contributed by atoms with Crippen molar-refractivity contribution in [2.24, 2.45) is 0 Å². The van der Waals surface area contributed by atoms with E-state index >= 15 is 0 Å². The van der Waals surface area contributed by atoms with E-state index in [2.05, 4.69) is 4.98 Å². The van der Waals surface area contributed by atoms with E-state index in [1.807, 2.05) is 35.2 Å². The largest absolute Gasteiger partial charge is 0.507 e. The average molecular weight is 402 g/mol. The van der Waals surface area contributed by atoms with E-state index in [4.69, 9.17) is 9.47 Å². The number of ketones is 1. The van der Waals surface area contributed by atoms with Crippen LogP contribution in [0.3, 0.4) is 0 Å². The number of carbonyl (C=O) groups excluding carboxylic acids is 1. The molecule has 1 aliphatic rings. The molecule has 0 saturated carbocycles. The number of nitrogens with zero attached hydrogens (tertiary/aromatic N) is 2. The third-order valence-electron chi connectivity index (χ3n) is 5.14. The zero-order valence-electron chi connectivity index (χ0n) is 16.8. The molecule has 0 amide bonds. The van der Waals surface area contributed by atoms with Crippen molar-refractivity contribution in [1.29, 1.82) is 0 Å². The van der Waals surface area contributed by atoms with Crippen molar-refractivity contribution in [2.75, 3.05) is 25.7 Å². The topological polar surface area (TPSA) is 71.9 Å². The third-order valence-corrected chi connectivity index (χ3v) is 5.14. The lowest BCUT2D eigenvalue weighted by molar-refractivity contribution is -0.115. The number of carbonyl (C=O) groups is 1. The van der Waals surface area contributed by atoms with Gasteiger partial charge in [-0.3, -0.25) is 4.79 Å². The number of pyridine rings is 1. The molecule has 0 fully saturated rings.